The summed E-state index contributed by atoms with van der Waals surface area (Å²) in [5.74, 6) is 0.718. The van der Waals surface area contributed by atoms with Gasteiger partial charge in [0.1, 0.15) is 0 Å². The number of aliphatic hydroxyl groups is 1. The molecule has 2 fully saturated rings. The lowest BCUT2D eigenvalue weighted by atomic mass is 10.0. The van der Waals surface area contributed by atoms with Gasteiger partial charge in [0.25, 0.3) is 0 Å². The number of nitrogens with zero attached hydrogens (tertiary/aromatic N) is 1. The first-order valence-electron chi connectivity index (χ1n) is 8.59. The maximum atomic E-state index is 8.99. The second-order valence-corrected chi connectivity index (χ2v) is 6.75. The number of piperidine rings is 1. The highest BCUT2D eigenvalue weighted by Gasteiger charge is 2.39. The molecule has 0 radical (unpaired) electrons. The molecule has 3 nitrogen and oxygen atoms in total. The van der Waals surface area contributed by atoms with Gasteiger partial charge in [-0.15, -0.1) is 24.8 Å². The molecule has 2 atom stereocenters. The van der Waals surface area contributed by atoms with Gasteiger partial charge < -0.3 is 15.3 Å². The van der Waals surface area contributed by atoms with E-state index in [1.165, 1.54) is 30.4 Å². The summed E-state index contributed by atoms with van der Waals surface area (Å²) in [5, 5.41) is 12.8. The van der Waals surface area contributed by atoms with Gasteiger partial charge in [0.15, 0.2) is 0 Å². The first kappa shape index (κ1) is 21.5. The van der Waals surface area contributed by atoms with Crippen LogP contribution in [-0.4, -0.2) is 48.3 Å². The predicted molar refractivity (Wildman–Crippen MR) is 106 cm³/mol. The van der Waals surface area contributed by atoms with Gasteiger partial charge >= 0.3 is 0 Å². The first-order valence-corrected chi connectivity index (χ1v) is 8.59. The van der Waals surface area contributed by atoms with Crippen molar-refractivity contribution in [2.45, 2.75) is 38.3 Å². The van der Waals surface area contributed by atoms with Crippen LogP contribution >= 0.6 is 24.8 Å². The van der Waals surface area contributed by atoms with Crippen LogP contribution in [0, 0.1) is 5.92 Å². The second-order valence-electron chi connectivity index (χ2n) is 6.75. The predicted octanol–water partition coefficient (Wildman–Crippen LogP) is 3.37. The van der Waals surface area contributed by atoms with E-state index >= 15 is 0 Å². The summed E-state index contributed by atoms with van der Waals surface area (Å²) in [6, 6.07) is 11.9. The third-order valence-electron chi connectivity index (χ3n) is 5.02. The van der Waals surface area contributed by atoms with E-state index in [-0.39, 0.29) is 31.4 Å². The van der Waals surface area contributed by atoms with Gasteiger partial charge in [-0.2, -0.15) is 0 Å². The van der Waals surface area contributed by atoms with Crippen molar-refractivity contribution < 1.29 is 5.11 Å². The van der Waals surface area contributed by atoms with Gasteiger partial charge in [-0.25, -0.2) is 0 Å². The van der Waals surface area contributed by atoms with Crippen molar-refractivity contribution in [1.29, 1.82) is 0 Å². The molecule has 1 aromatic carbocycles. The molecule has 2 N–H and O–H groups in total. The molecule has 1 heterocycles. The number of hydrogen-bond acceptors (Lipinski definition) is 3. The van der Waals surface area contributed by atoms with Crippen molar-refractivity contribution in [2.24, 2.45) is 5.92 Å². The summed E-state index contributed by atoms with van der Waals surface area (Å²) in [6.07, 6.45) is 6.04. The Morgan fingerprint density at radius 2 is 1.88 bits per heavy atom. The number of rotatable bonds is 6. The number of halogens is 2. The molecule has 5 heteroatoms. The molecule has 1 unspecified atom stereocenters. The second kappa shape index (κ2) is 10.4. The molecule has 0 spiro atoms. The lowest BCUT2D eigenvalue weighted by Gasteiger charge is -2.32. The van der Waals surface area contributed by atoms with Crippen molar-refractivity contribution in [3.63, 3.8) is 0 Å². The molecule has 0 amide bonds. The van der Waals surface area contributed by atoms with Crippen LogP contribution in [0.3, 0.4) is 0 Å². The summed E-state index contributed by atoms with van der Waals surface area (Å²) in [6.45, 7) is 5.62. The smallest absolute Gasteiger partial charge is 0.0558 e. The third kappa shape index (κ3) is 6.05. The molecule has 1 saturated carbocycles. The van der Waals surface area contributed by atoms with Crippen LogP contribution in [0.1, 0.15) is 31.7 Å². The van der Waals surface area contributed by atoms with Gasteiger partial charge in [0, 0.05) is 18.6 Å². The van der Waals surface area contributed by atoms with Crippen LogP contribution in [0.4, 0.5) is 0 Å². The number of benzene rings is 1. The summed E-state index contributed by atoms with van der Waals surface area (Å²) in [5.41, 5.74) is 2.81. The Labute approximate surface area is 158 Å². The van der Waals surface area contributed by atoms with Crippen LogP contribution in [0.25, 0.3) is 6.08 Å². The van der Waals surface area contributed by atoms with Crippen LogP contribution in [-0.2, 0) is 0 Å². The van der Waals surface area contributed by atoms with Crippen LogP contribution in [0.5, 0.6) is 0 Å². The molecule has 1 aliphatic carbocycles. The fraction of sp³-hybridized carbons (Fsp3) is 0.579. The fourth-order valence-corrected chi connectivity index (χ4v) is 3.57. The topological polar surface area (TPSA) is 35.5 Å². The highest BCUT2D eigenvalue weighted by atomic mass is 35.5. The van der Waals surface area contributed by atoms with E-state index < -0.39 is 0 Å². The molecule has 3 rings (SSSR count). The van der Waals surface area contributed by atoms with E-state index in [1.54, 1.807) is 0 Å². The quantitative estimate of drug-likeness (QED) is 0.803. The van der Waals surface area contributed by atoms with Crippen molar-refractivity contribution in [1.82, 2.24) is 10.2 Å². The zero-order valence-corrected chi connectivity index (χ0v) is 16.0. The van der Waals surface area contributed by atoms with Crippen molar-refractivity contribution in [2.75, 3.05) is 26.2 Å². The normalized spacial score (nSPS) is 24.8. The number of likely N-dealkylation sites (tertiary alicyclic amines) is 1. The minimum absolute atomic E-state index is 0. The van der Waals surface area contributed by atoms with Crippen molar-refractivity contribution in [3.8, 4) is 0 Å². The lowest BCUT2D eigenvalue weighted by Crippen LogP contribution is -2.44. The average molecular weight is 373 g/mol. The maximum absolute atomic E-state index is 8.99. The Balaban J connectivity index is 0.00000144. The zero-order valence-electron chi connectivity index (χ0n) is 14.4. The summed E-state index contributed by atoms with van der Waals surface area (Å²) in [7, 11) is 0. The minimum Gasteiger partial charge on any atom is -0.395 e. The molecule has 136 valence electrons. The van der Waals surface area contributed by atoms with E-state index in [0.717, 1.165) is 25.6 Å². The Hall–Kier alpha value is -0.580. The van der Waals surface area contributed by atoms with Gasteiger partial charge in [0.2, 0.25) is 0 Å². The largest absolute Gasteiger partial charge is 0.395 e. The standard InChI is InChI=1S/C19H28N2O.2ClH/c1-15(13-16-5-3-2-4-6-16)18-14-19(18)20-17-7-9-21(10-8-17)11-12-22;;/h2-6,13,17-20,22H,7-12,14H2,1H3;2*1H/t18?,19-;;/m0../s1. The monoisotopic (exact) mass is 372 g/mol. The highest BCUT2D eigenvalue weighted by Crippen LogP contribution is 2.38. The fourth-order valence-electron chi connectivity index (χ4n) is 3.57. The minimum atomic E-state index is 0. The van der Waals surface area contributed by atoms with Gasteiger partial charge in [-0.1, -0.05) is 42.0 Å². The molecule has 0 bridgehead atoms. The number of β-amino-alcohol motifs (C(OH)–C–C–N with tert-alkyl or cyclic N) is 1. The van der Waals surface area contributed by atoms with Crippen LogP contribution in [0.2, 0.25) is 0 Å². The molecule has 0 aromatic heterocycles. The molecule has 1 saturated heterocycles. The summed E-state index contributed by atoms with van der Waals surface area (Å²) in [4.78, 5) is 2.36. The van der Waals surface area contributed by atoms with E-state index in [4.69, 9.17) is 5.11 Å². The van der Waals surface area contributed by atoms with Crippen molar-refractivity contribution >= 4 is 30.9 Å². The molecular weight excluding hydrogens is 343 g/mol. The molecule has 1 aromatic rings. The number of nitrogens with one attached hydrogen (secondary N) is 1. The summed E-state index contributed by atoms with van der Waals surface area (Å²) >= 11 is 0. The molecule has 1 aliphatic heterocycles. The average Bonchev–Trinajstić information content (AvgIpc) is 3.30. The molecular formula is C19H30Cl2N2O. The maximum Gasteiger partial charge on any atom is 0.0558 e. The van der Waals surface area contributed by atoms with E-state index in [1.807, 2.05) is 0 Å². The van der Waals surface area contributed by atoms with Gasteiger partial charge in [-0.3, -0.25) is 0 Å². The van der Waals surface area contributed by atoms with Gasteiger partial charge in [0.05, 0.1) is 6.61 Å². The number of aliphatic hydroxyl groups excluding tert-OH is 1. The Kier molecular flexibility index (Phi) is 9.32. The Morgan fingerprint density at radius 3 is 2.50 bits per heavy atom. The Bertz CT molecular complexity index is 501. The molecule has 2 aliphatic rings. The highest BCUT2D eigenvalue weighted by molar-refractivity contribution is 5.85. The summed E-state index contributed by atoms with van der Waals surface area (Å²) < 4.78 is 0. The molecule has 24 heavy (non-hydrogen) atoms. The SMILES string of the molecule is CC(=Cc1ccccc1)C1C[C@@H]1NC1CCN(CCO)CC1.Cl.Cl. The Morgan fingerprint density at radius 1 is 1.21 bits per heavy atom. The van der Waals surface area contributed by atoms with E-state index in [9.17, 15) is 0 Å². The van der Waals surface area contributed by atoms with Crippen LogP contribution < -0.4 is 5.32 Å². The first-order chi connectivity index (χ1) is 10.8. The number of hydrogen-bond donors (Lipinski definition) is 2. The lowest BCUT2D eigenvalue weighted by molar-refractivity contribution is 0.156. The third-order valence-corrected chi connectivity index (χ3v) is 5.02. The van der Waals surface area contributed by atoms with Gasteiger partial charge in [-0.05, 0) is 50.8 Å². The van der Waals surface area contributed by atoms with E-state index in [2.05, 4.69) is 53.5 Å². The van der Waals surface area contributed by atoms with Crippen molar-refractivity contribution in [3.05, 3.63) is 41.5 Å². The zero-order chi connectivity index (χ0) is 15.4. The van der Waals surface area contributed by atoms with Crippen LogP contribution in [0.15, 0.2) is 35.9 Å². The van der Waals surface area contributed by atoms with E-state index in [0.29, 0.717) is 12.1 Å².